The summed E-state index contributed by atoms with van der Waals surface area (Å²) in [5.74, 6) is -0.997. The molecule has 104 valence electrons. The molecule has 3 aromatic rings. The number of aromatic nitrogens is 2. The minimum Gasteiger partial charge on any atom is -0.478 e. The second-order valence-corrected chi connectivity index (χ2v) is 5.31. The highest BCUT2D eigenvalue weighted by atomic mass is 79.9. The Morgan fingerprint density at radius 1 is 1.05 bits per heavy atom. The average molecular weight is 343 g/mol. The highest BCUT2D eigenvalue weighted by molar-refractivity contribution is 9.10. The van der Waals surface area contributed by atoms with E-state index in [-0.39, 0.29) is 5.56 Å². The molecule has 0 unspecified atom stereocenters. The van der Waals surface area contributed by atoms with Gasteiger partial charge in [-0.1, -0.05) is 52.3 Å². The van der Waals surface area contributed by atoms with Gasteiger partial charge in [-0.25, -0.2) is 9.48 Å². The first-order chi connectivity index (χ1) is 10.2. The SMILES string of the molecule is O=C(O)c1cn(-c2ccccc2)nc1-c1ccccc1Br. The van der Waals surface area contributed by atoms with Crippen molar-refractivity contribution >= 4 is 21.9 Å². The van der Waals surface area contributed by atoms with Crippen LogP contribution >= 0.6 is 15.9 Å². The van der Waals surface area contributed by atoms with Crippen molar-refractivity contribution in [3.8, 4) is 16.9 Å². The van der Waals surface area contributed by atoms with Gasteiger partial charge in [-0.15, -0.1) is 0 Å². The first-order valence-electron chi connectivity index (χ1n) is 6.30. The maximum atomic E-state index is 11.5. The van der Waals surface area contributed by atoms with Gasteiger partial charge in [0, 0.05) is 16.2 Å². The molecule has 0 saturated heterocycles. The molecule has 0 fully saturated rings. The van der Waals surface area contributed by atoms with Crippen LogP contribution in [0.25, 0.3) is 16.9 Å². The summed E-state index contributed by atoms with van der Waals surface area (Å²) in [5, 5.41) is 13.8. The van der Waals surface area contributed by atoms with Gasteiger partial charge in [-0.2, -0.15) is 5.10 Å². The normalized spacial score (nSPS) is 10.5. The number of rotatable bonds is 3. The molecule has 0 aliphatic heterocycles. The second-order valence-electron chi connectivity index (χ2n) is 4.46. The molecular weight excluding hydrogens is 332 g/mol. The van der Waals surface area contributed by atoms with Gasteiger partial charge in [0.1, 0.15) is 11.3 Å². The Kier molecular flexibility index (Phi) is 3.58. The summed E-state index contributed by atoms with van der Waals surface area (Å²) in [4.78, 5) is 11.5. The smallest absolute Gasteiger partial charge is 0.339 e. The van der Waals surface area contributed by atoms with Crippen LogP contribution in [0.4, 0.5) is 0 Å². The summed E-state index contributed by atoms with van der Waals surface area (Å²) in [6.07, 6.45) is 1.53. The summed E-state index contributed by atoms with van der Waals surface area (Å²) in [7, 11) is 0. The number of carbonyl (C=O) groups is 1. The predicted octanol–water partition coefficient (Wildman–Crippen LogP) is 4.00. The molecule has 3 rings (SSSR count). The van der Waals surface area contributed by atoms with Crippen LogP contribution in [0.15, 0.2) is 65.3 Å². The summed E-state index contributed by atoms with van der Waals surface area (Å²) >= 11 is 3.44. The lowest BCUT2D eigenvalue weighted by atomic mass is 10.1. The number of hydrogen-bond acceptors (Lipinski definition) is 2. The summed E-state index contributed by atoms with van der Waals surface area (Å²) in [5.41, 5.74) is 2.19. The van der Waals surface area contributed by atoms with Crippen molar-refractivity contribution in [3.63, 3.8) is 0 Å². The van der Waals surface area contributed by atoms with Gasteiger partial charge in [-0.3, -0.25) is 0 Å². The van der Waals surface area contributed by atoms with E-state index in [1.165, 1.54) is 6.20 Å². The third kappa shape index (κ3) is 2.60. The average Bonchev–Trinajstić information content (AvgIpc) is 2.94. The van der Waals surface area contributed by atoms with Gasteiger partial charge >= 0.3 is 5.97 Å². The van der Waals surface area contributed by atoms with E-state index in [1.54, 1.807) is 4.68 Å². The highest BCUT2D eigenvalue weighted by Gasteiger charge is 2.19. The van der Waals surface area contributed by atoms with Crippen LogP contribution in [0.5, 0.6) is 0 Å². The molecule has 0 amide bonds. The standard InChI is InChI=1S/C16H11BrN2O2/c17-14-9-5-4-8-12(14)15-13(16(20)21)10-19(18-15)11-6-2-1-3-7-11/h1-10H,(H,20,21). The number of hydrogen-bond donors (Lipinski definition) is 1. The van der Waals surface area contributed by atoms with Gasteiger partial charge in [0.05, 0.1) is 5.69 Å². The van der Waals surface area contributed by atoms with E-state index in [0.29, 0.717) is 5.69 Å². The van der Waals surface area contributed by atoms with E-state index in [1.807, 2.05) is 54.6 Å². The Hall–Kier alpha value is -2.40. The molecule has 0 radical (unpaired) electrons. The number of aromatic carboxylic acids is 1. The number of halogens is 1. The number of carboxylic acid groups (broad SMARTS) is 1. The van der Waals surface area contributed by atoms with E-state index < -0.39 is 5.97 Å². The van der Waals surface area contributed by atoms with E-state index in [2.05, 4.69) is 21.0 Å². The molecular formula is C16H11BrN2O2. The van der Waals surface area contributed by atoms with Gasteiger partial charge in [-0.05, 0) is 18.2 Å². The van der Waals surface area contributed by atoms with E-state index in [0.717, 1.165) is 15.7 Å². The Labute approximate surface area is 129 Å². The highest BCUT2D eigenvalue weighted by Crippen LogP contribution is 2.30. The summed E-state index contributed by atoms with van der Waals surface area (Å²) in [6.45, 7) is 0. The number of para-hydroxylation sites is 1. The lowest BCUT2D eigenvalue weighted by Crippen LogP contribution is -1.96. The number of nitrogens with zero attached hydrogens (tertiary/aromatic N) is 2. The largest absolute Gasteiger partial charge is 0.478 e. The second kappa shape index (κ2) is 5.54. The summed E-state index contributed by atoms with van der Waals surface area (Å²) in [6, 6.07) is 16.9. The van der Waals surface area contributed by atoms with Gasteiger partial charge in [0.25, 0.3) is 0 Å². The predicted molar refractivity (Wildman–Crippen MR) is 83.7 cm³/mol. The third-order valence-electron chi connectivity index (χ3n) is 3.09. The molecule has 4 nitrogen and oxygen atoms in total. The Morgan fingerprint density at radius 3 is 2.38 bits per heavy atom. The van der Waals surface area contributed by atoms with Crippen molar-refractivity contribution in [2.24, 2.45) is 0 Å². The van der Waals surface area contributed by atoms with Crippen molar-refractivity contribution in [2.45, 2.75) is 0 Å². The van der Waals surface area contributed by atoms with E-state index in [4.69, 9.17) is 0 Å². The zero-order chi connectivity index (χ0) is 14.8. The van der Waals surface area contributed by atoms with Crippen LogP contribution in [0.1, 0.15) is 10.4 Å². The third-order valence-corrected chi connectivity index (χ3v) is 3.79. The monoisotopic (exact) mass is 342 g/mol. The minimum absolute atomic E-state index is 0.172. The Bertz CT molecular complexity index is 797. The van der Waals surface area contributed by atoms with Crippen LogP contribution in [-0.2, 0) is 0 Å². The van der Waals surface area contributed by atoms with Crippen LogP contribution < -0.4 is 0 Å². The fourth-order valence-electron chi connectivity index (χ4n) is 2.10. The molecule has 0 atom stereocenters. The molecule has 0 spiro atoms. The molecule has 1 heterocycles. The summed E-state index contributed by atoms with van der Waals surface area (Å²) < 4.78 is 2.39. The molecule has 0 saturated carbocycles. The zero-order valence-corrected chi connectivity index (χ0v) is 12.5. The maximum Gasteiger partial charge on any atom is 0.339 e. The van der Waals surface area contributed by atoms with Crippen LogP contribution in [0, 0.1) is 0 Å². The molecule has 0 aliphatic rings. The Balaban J connectivity index is 2.19. The van der Waals surface area contributed by atoms with Gasteiger partial charge < -0.3 is 5.11 Å². The van der Waals surface area contributed by atoms with Crippen molar-refractivity contribution in [1.29, 1.82) is 0 Å². The van der Waals surface area contributed by atoms with Crippen LogP contribution in [0.2, 0.25) is 0 Å². The topological polar surface area (TPSA) is 55.1 Å². The first-order valence-corrected chi connectivity index (χ1v) is 7.09. The number of benzene rings is 2. The Morgan fingerprint density at radius 2 is 1.71 bits per heavy atom. The van der Waals surface area contributed by atoms with Crippen LogP contribution in [0.3, 0.4) is 0 Å². The molecule has 2 aromatic carbocycles. The first kappa shape index (κ1) is 13.6. The van der Waals surface area contributed by atoms with Crippen molar-refractivity contribution < 1.29 is 9.90 Å². The van der Waals surface area contributed by atoms with Crippen molar-refractivity contribution in [2.75, 3.05) is 0 Å². The molecule has 1 aromatic heterocycles. The van der Waals surface area contributed by atoms with Gasteiger partial charge in [0.2, 0.25) is 0 Å². The molecule has 0 aliphatic carbocycles. The quantitative estimate of drug-likeness (QED) is 0.782. The fraction of sp³-hybridized carbons (Fsp3) is 0. The van der Waals surface area contributed by atoms with Crippen molar-refractivity contribution in [1.82, 2.24) is 9.78 Å². The lowest BCUT2D eigenvalue weighted by Gasteiger charge is -2.02. The number of carboxylic acids is 1. The molecule has 5 heteroatoms. The lowest BCUT2D eigenvalue weighted by molar-refractivity contribution is 0.0697. The fourth-order valence-corrected chi connectivity index (χ4v) is 2.57. The van der Waals surface area contributed by atoms with Crippen molar-refractivity contribution in [3.05, 3.63) is 70.8 Å². The van der Waals surface area contributed by atoms with E-state index in [9.17, 15) is 9.90 Å². The zero-order valence-electron chi connectivity index (χ0n) is 10.9. The molecule has 21 heavy (non-hydrogen) atoms. The van der Waals surface area contributed by atoms with Crippen LogP contribution in [-0.4, -0.2) is 20.9 Å². The molecule has 1 N–H and O–H groups in total. The minimum atomic E-state index is -0.997. The molecule has 0 bridgehead atoms. The maximum absolute atomic E-state index is 11.5. The van der Waals surface area contributed by atoms with Gasteiger partial charge in [0.15, 0.2) is 0 Å². The van der Waals surface area contributed by atoms with E-state index >= 15 is 0 Å².